The molecule has 0 radical (unpaired) electrons. The Balaban J connectivity index is 1.66. The van der Waals surface area contributed by atoms with Gasteiger partial charge in [0.25, 0.3) is 0 Å². The molecule has 5 N–H and O–H groups in total. The van der Waals surface area contributed by atoms with E-state index in [1.165, 1.54) is 0 Å². The lowest BCUT2D eigenvalue weighted by atomic mass is 10.1. The standard InChI is InChI=1S/C23H25N7O4/c1-34-15-11-9-14(10-12-15)20-28-21-16-6-2-3-7-17(16)26-22(30(21)29-20)27-18(19(24)31)8-4-5-13-25-23(32)33/h2-3,6-7,9-12,18,25H,4-5,8,13H2,1H3,(H2,24,31)(H,26,27)(H,32,33). The van der Waals surface area contributed by atoms with Crippen molar-refractivity contribution in [2.24, 2.45) is 5.73 Å². The van der Waals surface area contributed by atoms with Crippen molar-refractivity contribution < 1.29 is 19.4 Å². The predicted octanol–water partition coefficient (Wildman–Crippen LogP) is 2.66. The molecule has 4 aromatic rings. The van der Waals surface area contributed by atoms with Gasteiger partial charge in [0, 0.05) is 17.5 Å². The first kappa shape index (κ1) is 22.8. The first-order chi connectivity index (χ1) is 16.5. The Kier molecular flexibility index (Phi) is 6.72. The smallest absolute Gasteiger partial charge is 0.404 e. The fraction of sp³-hybridized carbons (Fsp3) is 0.261. The summed E-state index contributed by atoms with van der Waals surface area (Å²) in [5.41, 5.74) is 7.72. The van der Waals surface area contributed by atoms with Crippen molar-refractivity contribution in [3.05, 3.63) is 48.5 Å². The Labute approximate surface area is 195 Å². The van der Waals surface area contributed by atoms with Gasteiger partial charge in [-0.05, 0) is 55.7 Å². The summed E-state index contributed by atoms with van der Waals surface area (Å²) in [4.78, 5) is 32.1. The lowest BCUT2D eigenvalue weighted by Crippen LogP contribution is -2.36. The summed E-state index contributed by atoms with van der Waals surface area (Å²) in [5.74, 6) is 1.03. The van der Waals surface area contributed by atoms with Crippen LogP contribution in [-0.2, 0) is 4.79 Å². The molecule has 2 aromatic carbocycles. The van der Waals surface area contributed by atoms with Crippen LogP contribution in [0.5, 0.6) is 5.75 Å². The number of amides is 2. The molecule has 0 spiro atoms. The summed E-state index contributed by atoms with van der Waals surface area (Å²) in [6.07, 6.45) is 0.494. The molecule has 0 fully saturated rings. The molecule has 0 aliphatic heterocycles. The molecule has 34 heavy (non-hydrogen) atoms. The largest absolute Gasteiger partial charge is 0.497 e. The van der Waals surface area contributed by atoms with Crippen molar-refractivity contribution in [3.8, 4) is 17.1 Å². The molecule has 1 atom stereocenters. The molecule has 1 unspecified atom stereocenters. The number of para-hydroxylation sites is 1. The van der Waals surface area contributed by atoms with E-state index >= 15 is 0 Å². The molecule has 2 amide bonds. The van der Waals surface area contributed by atoms with Crippen molar-refractivity contribution in [2.75, 3.05) is 19.0 Å². The maximum Gasteiger partial charge on any atom is 0.404 e. The Morgan fingerprint density at radius 3 is 2.59 bits per heavy atom. The molecule has 2 heterocycles. The summed E-state index contributed by atoms with van der Waals surface area (Å²) in [6.45, 7) is 0.299. The van der Waals surface area contributed by atoms with Crippen LogP contribution in [-0.4, -0.2) is 56.4 Å². The van der Waals surface area contributed by atoms with Crippen LogP contribution in [0.1, 0.15) is 19.3 Å². The lowest BCUT2D eigenvalue weighted by molar-refractivity contribution is -0.118. The minimum Gasteiger partial charge on any atom is -0.497 e. The zero-order valence-electron chi connectivity index (χ0n) is 18.6. The van der Waals surface area contributed by atoms with Gasteiger partial charge in [-0.15, -0.1) is 5.10 Å². The number of nitrogens with zero attached hydrogens (tertiary/aromatic N) is 4. The number of carbonyl (C=O) groups is 2. The van der Waals surface area contributed by atoms with E-state index in [2.05, 4.69) is 20.7 Å². The first-order valence-corrected chi connectivity index (χ1v) is 10.8. The van der Waals surface area contributed by atoms with E-state index < -0.39 is 18.0 Å². The van der Waals surface area contributed by atoms with Gasteiger partial charge in [-0.3, -0.25) is 4.79 Å². The van der Waals surface area contributed by atoms with E-state index in [1.807, 2.05) is 48.5 Å². The van der Waals surface area contributed by atoms with Crippen LogP contribution in [0.25, 0.3) is 27.9 Å². The Morgan fingerprint density at radius 1 is 1.12 bits per heavy atom. The highest BCUT2D eigenvalue weighted by molar-refractivity contribution is 5.93. The number of carbonyl (C=O) groups excluding carboxylic acids is 1. The number of unbranched alkanes of at least 4 members (excludes halogenated alkanes) is 1. The molecule has 0 bridgehead atoms. The monoisotopic (exact) mass is 463 g/mol. The number of primary amides is 1. The third-order valence-corrected chi connectivity index (χ3v) is 5.37. The number of aromatic nitrogens is 4. The van der Waals surface area contributed by atoms with Crippen LogP contribution in [0, 0.1) is 0 Å². The minimum atomic E-state index is -1.08. The van der Waals surface area contributed by atoms with Crippen LogP contribution < -0.4 is 21.1 Å². The number of anilines is 1. The van der Waals surface area contributed by atoms with Gasteiger partial charge in [0.05, 0.1) is 12.6 Å². The van der Waals surface area contributed by atoms with Gasteiger partial charge in [0.1, 0.15) is 11.8 Å². The molecule has 4 rings (SSSR count). The number of carboxylic acid groups (broad SMARTS) is 1. The van der Waals surface area contributed by atoms with E-state index in [9.17, 15) is 9.59 Å². The van der Waals surface area contributed by atoms with Gasteiger partial charge in [-0.2, -0.15) is 4.52 Å². The van der Waals surface area contributed by atoms with Crippen molar-refractivity contribution in [2.45, 2.75) is 25.3 Å². The average Bonchev–Trinajstić information content (AvgIpc) is 3.29. The van der Waals surface area contributed by atoms with E-state index in [4.69, 9.17) is 20.6 Å². The number of nitrogens with one attached hydrogen (secondary N) is 2. The summed E-state index contributed by atoms with van der Waals surface area (Å²) in [5, 5.41) is 19.6. The summed E-state index contributed by atoms with van der Waals surface area (Å²) in [6, 6.07) is 14.2. The number of hydrogen-bond donors (Lipinski definition) is 4. The van der Waals surface area contributed by atoms with Crippen LogP contribution in [0.2, 0.25) is 0 Å². The third kappa shape index (κ3) is 4.98. The molecule has 176 valence electrons. The summed E-state index contributed by atoms with van der Waals surface area (Å²) >= 11 is 0. The number of ether oxygens (including phenoxy) is 1. The maximum atomic E-state index is 12.1. The van der Waals surface area contributed by atoms with Crippen LogP contribution >= 0.6 is 0 Å². The SMILES string of the molecule is COc1ccc(-c2nc3c4ccccc4nc(NC(CCCCNC(=O)O)C(N)=O)n3n2)cc1. The molecule has 0 aliphatic carbocycles. The highest BCUT2D eigenvalue weighted by atomic mass is 16.5. The number of hydrogen-bond acceptors (Lipinski definition) is 7. The minimum absolute atomic E-state index is 0.299. The zero-order chi connectivity index (χ0) is 24.1. The van der Waals surface area contributed by atoms with Gasteiger partial charge in [-0.1, -0.05) is 12.1 Å². The topological polar surface area (TPSA) is 157 Å². The second-order valence-corrected chi connectivity index (χ2v) is 7.68. The van der Waals surface area contributed by atoms with Crippen LogP contribution in [0.15, 0.2) is 48.5 Å². The van der Waals surface area contributed by atoms with E-state index in [0.29, 0.717) is 48.7 Å². The van der Waals surface area contributed by atoms with Crippen molar-refractivity contribution in [1.82, 2.24) is 24.9 Å². The van der Waals surface area contributed by atoms with Gasteiger partial charge < -0.3 is 26.2 Å². The number of methoxy groups -OCH3 is 1. The molecule has 2 aromatic heterocycles. The molecule has 0 saturated heterocycles. The Morgan fingerprint density at radius 2 is 1.88 bits per heavy atom. The van der Waals surface area contributed by atoms with Crippen LogP contribution in [0.3, 0.4) is 0 Å². The fourth-order valence-electron chi connectivity index (χ4n) is 3.62. The highest BCUT2D eigenvalue weighted by Gasteiger charge is 2.20. The van der Waals surface area contributed by atoms with Crippen molar-refractivity contribution in [3.63, 3.8) is 0 Å². The van der Waals surface area contributed by atoms with Gasteiger partial charge in [0.2, 0.25) is 11.9 Å². The Bertz CT molecular complexity index is 1320. The van der Waals surface area contributed by atoms with Crippen molar-refractivity contribution >= 4 is 34.5 Å². The zero-order valence-corrected chi connectivity index (χ0v) is 18.6. The number of rotatable bonds is 10. The van der Waals surface area contributed by atoms with Gasteiger partial charge >= 0.3 is 6.09 Å². The number of fused-ring (bicyclic) bond motifs is 3. The van der Waals surface area contributed by atoms with Crippen molar-refractivity contribution in [1.29, 1.82) is 0 Å². The van der Waals surface area contributed by atoms with Gasteiger partial charge in [0.15, 0.2) is 11.5 Å². The summed E-state index contributed by atoms with van der Waals surface area (Å²) in [7, 11) is 1.60. The third-order valence-electron chi connectivity index (χ3n) is 5.37. The second-order valence-electron chi connectivity index (χ2n) is 7.68. The molecule has 11 nitrogen and oxygen atoms in total. The normalized spacial score (nSPS) is 11.9. The quantitative estimate of drug-likeness (QED) is 0.261. The fourth-order valence-corrected chi connectivity index (χ4v) is 3.62. The summed E-state index contributed by atoms with van der Waals surface area (Å²) < 4.78 is 6.80. The van der Waals surface area contributed by atoms with E-state index in [0.717, 1.165) is 16.7 Å². The molecular formula is C23H25N7O4. The lowest BCUT2D eigenvalue weighted by Gasteiger charge is -2.17. The van der Waals surface area contributed by atoms with Crippen LogP contribution in [0.4, 0.5) is 10.7 Å². The molecule has 11 heteroatoms. The number of nitrogens with two attached hydrogens (primary N) is 1. The highest BCUT2D eigenvalue weighted by Crippen LogP contribution is 2.25. The van der Waals surface area contributed by atoms with E-state index in [1.54, 1.807) is 11.6 Å². The molecule has 0 saturated carbocycles. The van der Waals surface area contributed by atoms with E-state index in [-0.39, 0.29) is 0 Å². The second kappa shape index (κ2) is 10.0. The maximum absolute atomic E-state index is 12.1. The Hall–Kier alpha value is -4.41. The predicted molar refractivity (Wildman–Crippen MR) is 127 cm³/mol. The number of benzene rings is 2. The van der Waals surface area contributed by atoms with Gasteiger partial charge in [-0.25, -0.2) is 14.8 Å². The molecular weight excluding hydrogens is 438 g/mol. The molecule has 0 aliphatic rings. The average molecular weight is 463 g/mol. The first-order valence-electron chi connectivity index (χ1n) is 10.8.